The molecular weight excluding hydrogens is 397 g/mol. The lowest BCUT2D eigenvalue weighted by Gasteiger charge is -2.12. The molecule has 1 amide bonds. The van der Waals surface area contributed by atoms with Crippen molar-refractivity contribution in [3.05, 3.63) is 92.9 Å². The first-order valence-corrected chi connectivity index (χ1v) is 9.07. The summed E-state index contributed by atoms with van der Waals surface area (Å²) in [4.78, 5) is 33.8. The van der Waals surface area contributed by atoms with E-state index in [1.165, 1.54) is 16.7 Å². The molecule has 156 valence electrons. The van der Waals surface area contributed by atoms with Crippen LogP contribution in [0.1, 0.15) is 38.4 Å². The fourth-order valence-corrected chi connectivity index (χ4v) is 2.87. The van der Waals surface area contributed by atoms with Gasteiger partial charge >= 0.3 is 6.18 Å². The number of alkyl halides is 3. The second kappa shape index (κ2) is 8.48. The number of nitrogens with zero attached hydrogens (tertiary/aromatic N) is 3. The smallest absolute Gasteiger partial charge is 0.348 e. The topological polar surface area (TPSA) is 76.9 Å². The van der Waals surface area contributed by atoms with Crippen LogP contribution in [0.25, 0.3) is 0 Å². The van der Waals surface area contributed by atoms with Crippen molar-refractivity contribution in [1.82, 2.24) is 19.9 Å². The summed E-state index contributed by atoms with van der Waals surface area (Å²) < 4.78 is 39.9. The van der Waals surface area contributed by atoms with Crippen molar-refractivity contribution >= 4 is 5.91 Å². The van der Waals surface area contributed by atoms with Crippen molar-refractivity contribution in [2.24, 2.45) is 0 Å². The number of nitrogens with one attached hydrogen (secondary N) is 1. The minimum absolute atomic E-state index is 0.0652. The molecule has 2 aromatic heterocycles. The van der Waals surface area contributed by atoms with Crippen LogP contribution < -0.4 is 10.9 Å². The van der Waals surface area contributed by atoms with Gasteiger partial charge in [0.05, 0.1) is 29.7 Å². The van der Waals surface area contributed by atoms with E-state index in [1.54, 1.807) is 38.5 Å². The van der Waals surface area contributed by atoms with Gasteiger partial charge in [-0.25, -0.2) is 0 Å². The van der Waals surface area contributed by atoms with E-state index in [2.05, 4.69) is 15.3 Å². The Morgan fingerprint density at radius 1 is 1.13 bits per heavy atom. The van der Waals surface area contributed by atoms with E-state index in [9.17, 15) is 22.8 Å². The number of rotatable bonds is 5. The number of hydrogen-bond acceptors (Lipinski definition) is 4. The molecule has 3 aromatic rings. The molecule has 0 aliphatic rings. The predicted molar refractivity (Wildman–Crippen MR) is 104 cm³/mol. The van der Waals surface area contributed by atoms with Gasteiger partial charge in [-0.2, -0.15) is 13.2 Å². The summed E-state index contributed by atoms with van der Waals surface area (Å²) in [5.74, 6) is -0.653. The van der Waals surface area contributed by atoms with E-state index < -0.39 is 23.2 Å². The molecule has 0 unspecified atom stereocenters. The van der Waals surface area contributed by atoms with Crippen molar-refractivity contribution in [1.29, 1.82) is 0 Å². The molecule has 1 N–H and O–H groups in total. The summed E-state index contributed by atoms with van der Waals surface area (Å²) >= 11 is 0. The van der Waals surface area contributed by atoms with Crippen LogP contribution in [-0.2, 0) is 19.3 Å². The Kier molecular flexibility index (Phi) is 6.00. The molecule has 0 saturated heterocycles. The first-order valence-electron chi connectivity index (χ1n) is 9.07. The van der Waals surface area contributed by atoms with Gasteiger partial charge in [-0.3, -0.25) is 19.6 Å². The second-order valence-corrected chi connectivity index (χ2v) is 6.84. The predicted octanol–water partition coefficient (Wildman–Crippen LogP) is 3.25. The third kappa shape index (κ3) is 4.91. The lowest BCUT2D eigenvalue weighted by atomic mass is 10.1. The van der Waals surface area contributed by atoms with E-state index >= 15 is 0 Å². The van der Waals surface area contributed by atoms with Crippen molar-refractivity contribution in [3.8, 4) is 0 Å². The summed E-state index contributed by atoms with van der Waals surface area (Å²) in [7, 11) is 0. The van der Waals surface area contributed by atoms with Gasteiger partial charge in [0.1, 0.15) is 5.56 Å². The number of carbonyl (C=O) groups excluding carboxylic acids is 1. The minimum atomic E-state index is -4.47. The molecule has 0 fully saturated rings. The highest BCUT2D eigenvalue weighted by Crippen LogP contribution is 2.29. The highest BCUT2D eigenvalue weighted by molar-refractivity contribution is 5.95. The summed E-state index contributed by atoms with van der Waals surface area (Å²) in [5.41, 5.74) is 0.663. The van der Waals surface area contributed by atoms with Crippen LogP contribution >= 0.6 is 0 Å². The molecule has 0 atom stereocenters. The third-order valence-electron chi connectivity index (χ3n) is 4.47. The Bertz CT molecular complexity index is 1120. The molecule has 0 aliphatic carbocycles. The molecule has 1 aromatic carbocycles. The normalized spacial score (nSPS) is 11.4. The number of halogens is 3. The molecule has 6 nitrogen and oxygen atoms in total. The van der Waals surface area contributed by atoms with Gasteiger partial charge < -0.3 is 9.88 Å². The number of amides is 1. The molecule has 0 saturated carbocycles. The van der Waals surface area contributed by atoms with Crippen LogP contribution in [0.15, 0.2) is 53.7 Å². The molecule has 0 bridgehead atoms. The molecule has 0 aliphatic heterocycles. The zero-order chi connectivity index (χ0) is 21.9. The second-order valence-electron chi connectivity index (χ2n) is 6.84. The van der Waals surface area contributed by atoms with E-state index in [0.29, 0.717) is 11.3 Å². The Morgan fingerprint density at radius 2 is 1.90 bits per heavy atom. The zero-order valence-electron chi connectivity index (χ0n) is 16.3. The van der Waals surface area contributed by atoms with E-state index in [-0.39, 0.29) is 24.2 Å². The Hall–Kier alpha value is -3.49. The average molecular weight is 416 g/mol. The number of hydrogen-bond donors (Lipinski definition) is 1. The van der Waals surface area contributed by atoms with Crippen LogP contribution in [0.4, 0.5) is 13.2 Å². The van der Waals surface area contributed by atoms with E-state index in [1.807, 2.05) is 0 Å². The highest BCUT2D eigenvalue weighted by Gasteiger charge is 2.30. The fourth-order valence-electron chi connectivity index (χ4n) is 2.87. The van der Waals surface area contributed by atoms with Crippen molar-refractivity contribution in [2.75, 3.05) is 0 Å². The van der Waals surface area contributed by atoms with Gasteiger partial charge in [-0.15, -0.1) is 0 Å². The number of aromatic nitrogens is 3. The van der Waals surface area contributed by atoms with E-state index in [0.717, 1.165) is 17.8 Å². The third-order valence-corrected chi connectivity index (χ3v) is 4.47. The molecule has 3 rings (SSSR count). The number of benzene rings is 1. The maximum atomic E-state index is 12.8. The first kappa shape index (κ1) is 21.2. The highest BCUT2D eigenvalue weighted by atomic mass is 19.4. The van der Waals surface area contributed by atoms with Crippen LogP contribution in [0.5, 0.6) is 0 Å². The molecule has 0 spiro atoms. The summed E-state index contributed by atoms with van der Waals surface area (Å²) in [6, 6.07) is 6.30. The van der Waals surface area contributed by atoms with E-state index in [4.69, 9.17) is 0 Å². The molecule has 0 radical (unpaired) electrons. The Balaban J connectivity index is 1.79. The number of aryl methyl sites for hydroxylation is 2. The lowest BCUT2D eigenvalue weighted by molar-refractivity contribution is -0.137. The molecule has 2 heterocycles. The largest absolute Gasteiger partial charge is 0.416 e. The lowest BCUT2D eigenvalue weighted by Crippen LogP contribution is -2.34. The number of carbonyl (C=O) groups is 1. The van der Waals surface area contributed by atoms with Gasteiger partial charge in [-0.05, 0) is 43.2 Å². The van der Waals surface area contributed by atoms with Gasteiger partial charge in [0.25, 0.3) is 11.5 Å². The zero-order valence-corrected chi connectivity index (χ0v) is 16.3. The van der Waals surface area contributed by atoms with Crippen molar-refractivity contribution in [2.45, 2.75) is 33.1 Å². The molecular formula is C21H19F3N4O2. The maximum Gasteiger partial charge on any atom is 0.416 e. The monoisotopic (exact) mass is 416 g/mol. The minimum Gasteiger partial charge on any atom is -0.348 e. The maximum absolute atomic E-state index is 12.8. The summed E-state index contributed by atoms with van der Waals surface area (Å²) in [5, 5.41) is 2.53. The number of pyridine rings is 1. The average Bonchev–Trinajstić information content (AvgIpc) is 2.70. The fraction of sp³-hybridized carbons (Fsp3) is 0.238. The van der Waals surface area contributed by atoms with Gasteiger partial charge in [-0.1, -0.05) is 12.1 Å². The Labute approximate surface area is 170 Å². The van der Waals surface area contributed by atoms with Crippen LogP contribution in [-0.4, -0.2) is 20.4 Å². The molecule has 9 heteroatoms. The van der Waals surface area contributed by atoms with Gasteiger partial charge in [0.15, 0.2) is 0 Å². The standard InChI is InChI=1S/C21H19F3N4O2/c1-13-6-7-28(12-17-11-25-14(2)9-26-17)20(30)18(13)19(29)27-10-15-4-3-5-16(8-15)21(22,23)24/h3-9,11H,10,12H2,1-2H3,(H,27,29). The Morgan fingerprint density at radius 3 is 2.57 bits per heavy atom. The van der Waals surface area contributed by atoms with Gasteiger partial charge in [0, 0.05) is 18.9 Å². The first-order chi connectivity index (χ1) is 14.1. The van der Waals surface area contributed by atoms with Crippen LogP contribution in [0.3, 0.4) is 0 Å². The SMILES string of the molecule is Cc1cnc(Cn2ccc(C)c(C(=O)NCc3cccc(C(F)(F)F)c3)c2=O)cn1. The van der Waals surface area contributed by atoms with Crippen LogP contribution in [0.2, 0.25) is 0 Å². The summed E-state index contributed by atoms with van der Waals surface area (Å²) in [6.07, 6.45) is 0.220. The molecule has 30 heavy (non-hydrogen) atoms. The van der Waals surface area contributed by atoms with Gasteiger partial charge in [0.2, 0.25) is 0 Å². The van der Waals surface area contributed by atoms with Crippen LogP contribution in [0, 0.1) is 13.8 Å². The quantitative estimate of drug-likeness (QED) is 0.693. The van der Waals surface area contributed by atoms with Crippen molar-refractivity contribution < 1.29 is 18.0 Å². The summed E-state index contributed by atoms with van der Waals surface area (Å²) in [6.45, 7) is 3.42. The van der Waals surface area contributed by atoms with Crippen molar-refractivity contribution in [3.63, 3.8) is 0 Å².